The minimum absolute atomic E-state index is 0.769. The molecule has 2 aromatic heterocycles. The van der Waals surface area contributed by atoms with Crippen LogP contribution in [0.15, 0.2) is 24.7 Å². The molecule has 90 valence electrons. The van der Waals surface area contributed by atoms with E-state index in [1.165, 1.54) is 25.9 Å². The van der Waals surface area contributed by atoms with E-state index in [4.69, 9.17) is 0 Å². The van der Waals surface area contributed by atoms with Crippen LogP contribution in [-0.2, 0) is 6.54 Å². The summed E-state index contributed by atoms with van der Waals surface area (Å²) in [4.78, 5) is 11.2. The van der Waals surface area contributed by atoms with E-state index >= 15 is 0 Å². The number of likely N-dealkylation sites (tertiary alicyclic amines) is 1. The van der Waals surface area contributed by atoms with E-state index in [0.717, 1.165) is 23.6 Å². The van der Waals surface area contributed by atoms with Crippen LogP contribution in [0.25, 0.3) is 11.2 Å². The van der Waals surface area contributed by atoms with Crippen LogP contribution >= 0.6 is 0 Å². The molecule has 0 spiro atoms. The quantitative estimate of drug-likeness (QED) is 0.788. The highest BCUT2D eigenvalue weighted by molar-refractivity contribution is 5.69. The Labute approximate surface area is 101 Å². The normalized spacial score (nSPS) is 18.9. The summed E-state index contributed by atoms with van der Waals surface area (Å²) in [7, 11) is 2.20. The summed E-state index contributed by atoms with van der Waals surface area (Å²) >= 11 is 0. The van der Waals surface area contributed by atoms with Crippen molar-refractivity contribution >= 4 is 11.2 Å². The molecule has 0 unspecified atom stereocenters. The molecule has 1 fully saturated rings. The second-order valence-electron chi connectivity index (χ2n) is 4.99. The molecule has 0 aromatic carbocycles. The molecule has 4 nitrogen and oxygen atoms in total. The van der Waals surface area contributed by atoms with Gasteiger partial charge in [-0.05, 0) is 51.0 Å². The van der Waals surface area contributed by atoms with Gasteiger partial charge in [-0.15, -0.1) is 0 Å². The zero-order valence-corrected chi connectivity index (χ0v) is 10.2. The molecule has 3 rings (SSSR count). The minimum atomic E-state index is 0.769. The first kappa shape index (κ1) is 10.7. The Morgan fingerprint density at radius 3 is 2.94 bits per heavy atom. The molecule has 0 atom stereocenters. The van der Waals surface area contributed by atoms with Crippen LogP contribution < -0.4 is 0 Å². The SMILES string of the molecule is CN1CCC(Cn2cnc3cccnc32)CC1. The zero-order valence-electron chi connectivity index (χ0n) is 10.2. The highest BCUT2D eigenvalue weighted by Gasteiger charge is 2.17. The van der Waals surface area contributed by atoms with Gasteiger partial charge in [0.2, 0.25) is 0 Å². The predicted molar refractivity (Wildman–Crippen MR) is 67.7 cm³/mol. The fraction of sp³-hybridized carbons (Fsp3) is 0.538. The number of piperidine rings is 1. The van der Waals surface area contributed by atoms with Crippen LogP contribution in [0, 0.1) is 5.92 Å². The molecule has 0 N–H and O–H groups in total. The van der Waals surface area contributed by atoms with Gasteiger partial charge in [0.05, 0.1) is 6.33 Å². The average Bonchev–Trinajstić information content (AvgIpc) is 2.76. The molecule has 0 amide bonds. The Morgan fingerprint density at radius 2 is 2.12 bits per heavy atom. The molecule has 1 saturated heterocycles. The molecule has 1 aliphatic heterocycles. The minimum Gasteiger partial charge on any atom is -0.315 e. The summed E-state index contributed by atoms with van der Waals surface area (Å²) in [6, 6.07) is 3.96. The Balaban J connectivity index is 1.76. The third-order valence-electron chi connectivity index (χ3n) is 3.67. The molecule has 4 heteroatoms. The van der Waals surface area contributed by atoms with E-state index in [9.17, 15) is 0 Å². The molecule has 3 heterocycles. The number of nitrogens with zero attached hydrogens (tertiary/aromatic N) is 4. The van der Waals surface area contributed by atoms with E-state index in [1.54, 1.807) is 0 Å². The lowest BCUT2D eigenvalue weighted by atomic mass is 9.97. The highest BCUT2D eigenvalue weighted by atomic mass is 15.1. The van der Waals surface area contributed by atoms with Crippen molar-refractivity contribution in [3.8, 4) is 0 Å². The molecule has 1 aliphatic rings. The topological polar surface area (TPSA) is 34.0 Å². The van der Waals surface area contributed by atoms with Crippen molar-refractivity contribution in [3.05, 3.63) is 24.7 Å². The second kappa shape index (κ2) is 4.45. The van der Waals surface area contributed by atoms with Gasteiger partial charge in [0, 0.05) is 12.7 Å². The lowest BCUT2D eigenvalue weighted by Gasteiger charge is -2.29. The number of imidazole rings is 1. The first-order chi connectivity index (χ1) is 8.33. The van der Waals surface area contributed by atoms with Gasteiger partial charge in [-0.1, -0.05) is 0 Å². The van der Waals surface area contributed by atoms with Crippen molar-refractivity contribution in [2.45, 2.75) is 19.4 Å². The lowest BCUT2D eigenvalue weighted by molar-refractivity contribution is 0.206. The molecule has 2 aromatic rings. The zero-order chi connectivity index (χ0) is 11.7. The predicted octanol–water partition coefficient (Wildman–Crippen LogP) is 1.77. The highest BCUT2D eigenvalue weighted by Crippen LogP contribution is 2.19. The first-order valence-corrected chi connectivity index (χ1v) is 6.27. The van der Waals surface area contributed by atoms with Gasteiger partial charge in [0.1, 0.15) is 5.52 Å². The molecule has 0 aliphatic carbocycles. The number of pyridine rings is 1. The summed E-state index contributed by atoms with van der Waals surface area (Å²) in [6.45, 7) is 3.48. The summed E-state index contributed by atoms with van der Waals surface area (Å²) in [5, 5.41) is 0. The van der Waals surface area contributed by atoms with Gasteiger partial charge in [-0.25, -0.2) is 9.97 Å². The van der Waals surface area contributed by atoms with Crippen LogP contribution in [0.4, 0.5) is 0 Å². The monoisotopic (exact) mass is 230 g/mol. The third-order valence-corrected chi connectivity index (χ3v) is 3.67. The smallest absolute Gasteiger partial charge is 0.159 e. The Hall–Kier alpha value is -1.42. The summed E-state index contributed by atoms with van der Waals surface area (Å²) in [5.74, 6) is 0.769. The fourth-order valence-electron chi connectivity index (χ4n) is 2.55. The van der Waals surface area contributed by atoms with Gasteiger partial charge >= 0.3 is 0 Å². The largest absolute Gasteiger partial charge is 0.315 e. The van der Waals surface area contributed by atoms with Gasteiger partial charge in [0.25, 0.3) is 0 Å². The molecular formula is C13H18N4. The number of aromatic nitrogens is 3. The van der Waals surface area contributed by atoms with Crippen LogP contribution in [0.3, 0.4) is 0 Å². The maximum atomic E-state index is 4.41. The lowest BCUT2D eigenvalue weighted by Crippen LogP contribution is -2.31. The number of hydrogen-bond donors (Lipinski definition) is 0. The van der Waals surface area contributed by atoms with Gasteiger partial charge in [0.15, 0.2) is 5.65 Å². The Kier molecular flexibility index (Phi) is 2.81. The van der Waals surface area contributed by atoms with E-state index in [1.807, 2.05) is 24.7 Å². The standard InChI is InChI=1S/C13H18N4/c1-16-7-4-11(5-8-16)9-17-10-15-12-3-2-6-14-13(12)17/h2-3,6,10-11H,4-5,7-9H2,1H3. The van der Waals surface area contributed by atoms with Gasteiger partial charge in [-0.3, -0.25) is 0 Å². The van der Waals surface area contributed by atoms with Crippen LogP contribution in [0.2, 0.25) is 0 Å². The van der Waals surface area contributed by atoms with Crippen molar-refractivity contribution < 1.29 is 0 Å². The summed E-state index contributed by atoms with van der Waals surface area (Å²) in [5.41, 5.74) is 2.02. The van der Waals surface area contributed by atoms with Crippen LogP contribution in [-0.4, -0.2) is 39.6 Å². The van der Waals surface area contributed by atoms with Gasteiger partial charge < -0.3 is 9.47 Å². The maximum absolute atomic E-state index is 4.41. The van der Waals surface area contributed by atoms with E-state index in [0.29, 0.717) is 0 Å². The van der Waals surface area contributed by atoms with Crippen LogP contribution in [0.1, 0.15) is 12.8 Å². The first-order valence-electron chi connectivity index (χ1n) is 6.27. The molecule has 0 saturated carbocycles. The maximum Gasteiger partial charge on any atom is 0.159 e. The Morgan fingerprint density at radius 1 is 1.29 bits per heavy atom. The van der Waals surface area contributed by atoms with E-state index in [2.05, 4.69) is 26.5 Å². The summed E-state index contributed by atoms with van der Waals surface area (Å²) in [6.07, 6.45) is 6.33. The molecule has 0 radical (unpaired) electrons. The van der Waals surface area contributed by atoms with Crippen LogP contribution in [0.5, 0.6) is 0 Å². The van der Waals surface area contributed by atoms with Crippen molar-refractivity contribution in [1.82, 2.24) is 19.4 Å². The number of rotatable bonds is 2. The van der Waals surface area contributed by atoms with E-state index in [-0.39, 0.29) is 0 Å². The Bertz CT molecular complexity index is 497. The molecule has 17 heavy (non-hydrogen) atoms. The molecular weight excluding hydrogens is 212 g/mol. The molecule has 0 bridgehead atoms. The number of fused-ring (bicyclic) bond motifs is 1. The van der Waals surface area contributed by atoms with Crippen molar-refractivity contribution in [1.29, 1.82) is 0 Å². The summed E-state index contributed by atoms with van der Waals surface area (Å²) < 4.78 is 2.20. The van der Waals surface area contributed by atoms with Crippen molar-refractivity contribution in [3.63, 3.8) is 0 Å². The fourth-order valence-corrected chi connectivity index (χ4v) is 2.55. The van der Waals surface area contributed by atoms with Gasteiger partial charge in [-0.2, -0.15) is 0 Å². The third kappa shape index (κ3) is 2.17. The van der Waals surface area contributed by atoms with Crippen molar-refractivity contribution in [2.24, 2.45) is 5.92 Å². The van der Waals surface area contributed by atoms with Crippen molar-refractivity contribution in [2.75, 3.05) is 20.1 Å². The average molecular weight is 230 g/mol. The van der Waals surface area contributed by atoms with E-state index < -0.39 is 0 Å². The second-order valence-corrected chi connectivity index (χ2v) is 4.99. The number of hydrogen-bond acceptors (Lipinski definition) is 3.